The summed E-state index contributed by atoms with van der Waals surface area (Å²) in [4.78, 5) is 24.5. The Morgan fingerprint density at radius 3 is 2.80 bits per heavy atom. The van der Waals surface area contributed by atoms with E-state index >= 15 is 0 Å². The number of carbonyl (C=O) groups is 1. The molecular weight excluding hydrogens is 372 g/mol. The van der Waals surface area contributed by atoms with E-state index in [2.05, 4.69) is 6.92 Å². The lowest BCUT2D eigenvalue weighted by molar-refractivity contribution is 0.102. The molecule has 6 heteroatoms. The van der Waals surface area contributed by atoms with Crippen molar-refractivity contribution < 1.29 is 4.79 Å². The highest BCUT2D eigenvalue weighted by atomic mass is 35.5. The second-order valence-corrected chi connectivity index (χ2v) is 8.54. The van der Waals surface area contributed by atoms with Gasteiger partial charge in [-0.1, -0.05) is 30.3 Å². The van der Waals surface area contributed by atoms with Crippen molar-refractivity contribution in [3.05, 3.63) is 51.1 Å². The summed E-state index contributed by atoms with van der Waals surface area (Å²) in [6.45, 7) is 2.07. The first-order chi connectivity index (χ1) is 12.2. The summed E-state index contributed by atoms with van der Waals surface area (Å²) in [5, 5.41) is 2.79. The molecule has 0 atom stereocenters. The minimum atomic E-state index is 0.0957. The lowest BCUT2D eigenvalue weighted by Crippen LogP contribution is -2.03. The second kappa shape index (κ2) is 7.06. The van der Waals surface area contributed by atoms with Crippen molar-refractivity contribution in [2.45, 2.75) is 37.6 Å². The number of carbonyl (C=O) groups excluding carboxylic acids is 1. The summed E-state index contributed by atoms with van der Waals surface area (Å²) >= 11 is 9.23. The van der Waals surface area contributed by atoms with Crippen molar-refractivity contribution in [3.63, 3.8) is 0 Å². The quantitative estimate of drug-likeness (QED) is 0.334. The number of fused-ring (bicyclic) bond motifs is 3. The van der Waals surface area contributed by atoms with Crippen LogP contribution in [0.25, 0.3) is 10.2 Å². The van der Waals surface area contributed by atoms with Crippen LogP contribution in [0.4, 0.5) is 0 Å². The molecule has 3 nitrogen and oxygen atoms in total. The molecule has 0 unspecified atom stereocenters. The largest absolute Gasteiger partial charge is 0.293 e. The predicted octanol–water partition coefficient (Wildman–Crippen LogP) is 5.37. The van der Waals surface area contributed by atoms with Gasteiger partial charge in [0.2, 0.25) is 0 Å². The van der Waals surface area contributed by atoms with Crippen molar-refractivity contribution in [1.82, 2.24) is 9.97 Å². The van der Waals surface area contributed by atoms with Gasteiger partial charge in [0.05, 0.1) is 5.75 Å². The highest BCUT2D eigenvalue weighted by molar-refractivity contribution is 8.00. The van der Waals surface area contributed by atoms with Gasteiger partial charge in [-0.25, -0.2) is 9.97 Å². The van der Waals surface area contributed by atoms with E-state index in [-0.39, 0.29) is 5.78 Å². The van der Waals surface area contributed by atoms with E-state index in [0.29, 0.717) is 16.3 Å². The van der Waals surface area contributed by atoms with E-state index in [0.717, 1.165) is 34.9 Å². The summed E-state index contributed by atoms with van der Waals surface area (Å²) in [5.74, 6) is 1.33. The van der Waals surface area contributed by atoms with E-state index in [9.17, 15) is 4.79 Å². The molecule has 0 radical (unpaired) electrons. The summed E-state index contributed by atoms with van der Waals surface area (Å²) in [7, 11) is 0. The number of rotatable bonds is 5. The van der Waals surface area contributed by atoms with Crippen molar-refractivity contribution in [2.24, 2.45) is 0 Å². The van der Waals surface area contributed by atoms with Gasteiger partial charge in [-0.2, -0.15) is 0 Å². The zero-order chi connectivity index (χ0) is 17.4. The predicted molar refractivity (Wildman–Crippen MR) is 105 cm³/mol. The Bertz CT molecular complexity index is 950. The number of aryl methyl sites for hydroxylation is 3. The molecule has 25 heavy (non-hydrogen) atoms. The van der Waals surface area contributed by atoms with Gasteiger partial charge in [0.25, 0.3) is 0 Å². The van der Waals surface area contributed by atoms with Crippen molar-refractivity contribution in [3.8, 4) is 0 Å². The summed E-state index contributed by atoms with van der Waals surface area (Å²) in [5.41, 5.74) is 2.09. The van der Waals surface area contributed by atoms with Crippen LogP contribution >= 0.6 is 34.7 Å². The molecule has 4 rings (SSSR count). The number of thioether (sulfide) groups is 1. The van der Waals surface area contributed by atoms with Crippen molar-refractivity contribution in [2.75, 3.05) is 5.75 Å². The van der Waals surface area contributed by atoms with Crippen LogP contribution in [-0.2, 0) is 19.3 Å². The molecule has 0 fully saturated rings. The minimum Gasteiger partial charge on any atom is -0.293 e. The van der Waals surface area contributed by atoms with Gasteiger partial charge < -0.3 is 0 Å². The molecule has 2 aromatic heterocycles. The fourth-order valence-electron chi connectivity index (χ4n) is 3.12. The Hall–Kier alpha value is -1.43. The monoisotopic (exact) mass is 388 g/mol. The van der Waals surface area contributed by atoms with Crippen LogP contribution in [0, 0.1) is 0 Å². The molecule has 0 saturated carbocycles. The molecule has 0 saturated heterocycles. The van der Waals surface area contributed by atoms with Gasteiger partial charge in [0.15, 0.2) is 5.78 Å². The lowest BCUT2D eigenvalue weighted by atomic mass is 10.1. The Kier molecular flexibility index (Phi) is 4.80. The Morgan fingerprint density at radius 2 is 2.04 bits per heavy atom. The number of benzene rings is 1. The maximum atomic E-state index is 12.5. The van der Waals surface area contributed by atoms with Gasteiger partial charge >= 0.3 is 0 Å². The molecule has 0 bridgehead atoms. The summed E-state index contributed by atoms with van der Waals surface area (Å²) in [6.07, 6.45) is 4.26. The second-order valence-electron chi connectivity index (χ2n) is 6.05. The van der Waals surface area contributed by atoms with Gasteiger partial charge in [-0.05, 0) is 49.1 Å². The maximum absolute atomic E-state index is 12.5. The van der Waals surface area contributed by atoms with Crippen LogP contribution in [0.2, 0.25) is 5.02 Å². The van der Waals surface area contributed by atoms with Gasteiger partial charge in [0, 0.05) is 27.3 Å². The molecular formula is C19H17ClN2OS2. The Balaban J connectivity index is 1.64. The topological polar surface area (TPSA) is 42.9 Å². The fraction of sp³-hybridized carbons (Fsp3) is 0.316. The zero-order valence-electron chi connectivity index (χ0n) is 13.8. The van der Waals surface area contributed by atoms with Gasteiger partial charge in [-0.15, -0.1) is 11.3 Å². The number of ketones is 1. The van der Waals surface area contributed by atoms with E-state index in [1.165, 1.54) is 34.0 Å². The number of hydrogen-bond donors (Lipinski definition) is 0. The molecule has 3 aromatic rings. The normalized spacial score (nSPS) is 13.4. The highest BCUT2D eigenvalue weighted by Crippen LogP contribution is 2.40. The van der Waals surface area contributed by atoms with Crippen molar-refractivity contribution in [1.29, 1.82) is 0 Å². The molecule has 128 valence electrons. The number of aromatic nitrogens is 2. The van der Waals surface area contributed by atoms with Crippen molar-refractivity contribution >= 4 is 50.7 Å². The van der Waals surface area contributed by atoms with Crippen LogP contribution in [0.3, 0.4) is 0 Å². The average molecular weight is 389 g/mol. The number of halogens is 1. The Labute approximate surface area is 159 Å². The molecule has 2 heterocycles. The van der Waals surface area contributed by atoms with E-state index in [1.54, 1.807) is 35.6 Å². The third kappa shape index (κ3) is 3.33. The van der Waals surface area contributed by atoms with Crippen LogP contribution in [0.1, 0.15) is 40.0 Å². The molecule has 0 amide bonds. The number of nitrogens with zero attached hydrogens (tertiary/aromatic N) is 2. The van der Waals surface area contributed by atoms with Gasteiger partial charge in [0.1, 0.15) is 15.7 Å². The molecule has 0 aliphatic heterocycles. The molecule has 0 N–H and O–H groups in total. The van der Waals surface area contributed by atoms with Gasteiger partial charge in [-0.3, -0.25) is 4.79 Å². The Morgan fingerprint density at radius 1 is 1.24 bits per heavy atom. The van der Waals surface area contributed by atoms with E-state index < -0.39 is 0 Å². The van der Waals surface area contributed by atoms with Crippen LogP contribution < -0.4 is 0 Å². The van der Waals surface area contributed by atoms with Crippen LogP contribution in [-0.4, -0.2) is 21.5 Å². The lowest BCUT2D eigenvalue weighted by Gasteiger charge is -2.06. The SMILES string of the molecule is CCc1nc(SCC(=O)c2ccc(Cl)cc2)c2c3c(sc2n1)CCC3. The smallest absolute Gasteiger partial charge is 0.173 e. The first-order valence-electron chi connectivity index (χ1n) is 8.38. The maximum Gasteiger partial charge on any atom is 0.173 e. The zero-order valence-corrected chi connectivity index (χ0v) is 16.2. The highest BCUT2D eigenvalue weighted by Gasteiger charge is 2.22. The third-order valence-corrected chi connectivity index (χ3v) is 6.81. The van der Waals surface area contributed by atoms with E-state index in [4.69, 9.17) is 21.6 Å². The fourth-order valence-corrected chi connectivity index (χ4v) is 5.56. The van der Waals surface area contributed by atoms with Crippen LogP contribution in [0.5, 0.6) is 0 Å². The van der Waals surface area contributed by atoms with E-state index in [1.807, 2.05) is 0 Å². The first kappa shape index (κ1) is 17.0. The molecule has 1 aromatic carbocycles. The first-order valence-corrected chi connectivity index (χ1v) is 10.6. The summed E-state index contributed by atoms with van der Waals surface area (Å²) < 4.78 is 0. The third-order valence-electron chi connectivity index (χ3n) is 4.40. The number of hydrogen-bond acceptors (Lipinski definition) is 5. The molecule has 1 aliphatic rings. The molecule has 1 aliphatic carbocycles. The summed E-state index contributed by atoms with van der Waals surface area (Å²) in [6, 6.07) is 7.06. The average Bonchev–Trinajstić information content (AvgIpc) is 3.20. The number of Topliss-reactive ketones (excluding diaryl/α,β-unsaturated/α-hetero) is 1. The standard InChI is InChI=1S/C19H17ClN2OS2/c1-2-16-21-18(17-13-4-3-5-15(13)25-19(17)22-16)24-10-14(23)11-6-8-12(20)9-7-11/h6-9H,2-5,10H2,1H3. The van der Waals surface area contributed by atoms with Crippen LogP contribution in [0.15, 0.2) is 29.3 Å². The minimum absolute atomic E-state index is 0.0957. The molecule has 0 spiro atoms. The number of thiophene rings is 1.